The highest BCUT2D eigenvalue weighted by Gasteiger charge is 2.34. The Morgan fingerprint density at radius 3 is 2.74 bits per heavy atom. The quantitative estimate of drug-likeness (QED) is 0.847. The maximum atomic E-state index is 14.1. The van der Waals surface area contributed by atoms with Gasteiger partial charge >= 0.3 is 0 Å². The lowest BCUT2D eigenvalue weighted by molar-refractivity contribution is 0.607. The van der Waals surface area contributed by atoms with Crippen molar-refractivity contribution in [2.75, 3.05) is 18.5 Å². The second kappa shape index (κ2) is 5.12. The fourth-order valence-corrected chi connectivity index (χ4v) is 2.77. The summed E-state index contributed by atoms with van der Waals surface area (Å²) < 4.78 is 14.1. The topological polar surface area (TPSA) is 15.3 Å². The fraction of sp³-hybridized carbons (Fsp3) is 0.625. The molecule has 104 valence electrons. The predicted molar refractivity (Wildman–Crippen MR) is 76.8 cm³/mol. The Morgan fingerprint density at radius 2 is 2.11 bits per heavy atom. The van der Waals surface area contributed by atoms with Crippen LogP contribution >= 0.6 is 0 Å². The van der Waals surface area contributed by atoms with Crippen LogP contribution in [0.5, 0.6) is 0 Å². The standard InChI is InChI=1S/C16H23FN2/c1-11-8-13(11)10-19(2)16-12(4-3-5-15(16)17)9-18-14-6-7-14/h3-5,11,13-14,18H,6-10H2,1-2H3. The first-order valence-electron chi connectivity index (χ1n) is 7.37. The Labute approximate surface area is 115 Å². The van der Waals surface area contributed by atoms with Crippen molar-refractivity contribution in [3.63, 3.8) is 0 Å². The molecule has 3 rings (SSSR count). The number of nitrogens with one attached hydrogen (secondary N) is 1. The molecule has 2 saturated carbocycles. The summed E-state index contributed by atoms with van der Waals surface area (Å²) in [7, 11) is 2.02. The van der Waals surface area contributed by atoms with E-state index in [0.717, 1.165) is 36.2 Å². The van der Waals surface area contributed by atoms with E-state index in [1.807, 2.05) is 19.2 Å². The smallest absolute Gasteiger partial charge is 0.146 e. The van der Waals surface area contributed by atoms with Gasteiger partial charge in [-0.25, -0.2) is 4.39 Å². The van der Waals surface area contributed by atoms with Crippen LogP contribution in [0, 0.1) is 17.7 Å². The zero-order valence-corrected chi connectivity index (χ0v) is 11.8. The lowest BCUT2D eigenvalue weighted by atomic mass is 10.1. The number of hydrogen-bond donors (Lipinski definition) is 1. The average molecular weight is 262 g/mol. The molecule has 2 aliphatic rings. The van der Waals surface area contributed by atoms with Crippen molar-refractivity contribution < 1.29 is 4.39 Å². The lowest BCUT2D eigenvalue weighted by Gasteiger charge is -2.23. The van der Waals surface area contributed by atoms with Crippen molar-refractivity contribution in [2.24, 2.45) is 11.8 Å². The summed E-state index contributed by atoms with van der Waals surface area (Å²) in [6.45, 7) is 4.02. The number of para-hydroxylation sites is 1. The third-order valence-corrected chi connectivity index (χ3v) is 4.40. The summed E-state index contributed by atoms with van der Waals surface area (Å²) >= 11 is 0. The second-order valence-corrected chi connectivity index (χ2v) is 6.26. The monoisotopic (exact) mass is 262 g/mol. The molecule has 0 aromatic heterocycles. The SMILES string of the molecule is CC1CC1CN(C)c1c(F)cccc1CNC1CC1. The minimum Gasteiger partial charge on any atom is -0.372 e. The first-order valence-corrected chi connectivity index (χ1v) is 7.37. The van der Waals surface area contributed by atoms with E-state index in [9.17, 15) is 4.39 Å². The van der Waals surface area contributed by atoms with Crippen molar-refractivity contribution in [3.05, 3.63) is 29.6 Å². The summed E-state index contributed by atoms with van der Waals surface area (Å²) in [6, 6.07) is 6.09. The van der Waals surface area contributed by atoms with Crippen LogP contribution in [0.25, 0.3) is 0 Å². The van der Waals surface area contributed by atoms with Gasteiger partial charge in [0.05, 0.1) is 5.69 Å². The van der Waals surface area contributed by atoms with Gasteiger partial charge in [-0.1, -0.05) is 19.1 Å². The summed E-state index contributed by atoms with van der Waals surface area (Å²) in [5, 5.41) is 3.48. The van der Waals surface area contributed by atoms with Crippen molar-refractivity contribution in [3.8, 4) is 0 Å². The lowest BCUT2D eigenvalue weighted by Crippen LogP contribution is -2.25. The van der Waals surface area contributed by atoms with Crippen LogP contribution in [0.1, 0.15) is 31.7 Å². The predicted octanol–water partition coefficient (Wildman–Crippen LogP) is 3.17. The molecule has 2 atom stereocenters. The molecule has 2 unspecified atom stereocenters. The van der Waals surface area contributed by atoms with E-state index in [2.05, 4.69) is 17.1 Å². The summed E-state index contributed by atoms with van der Waals surface area (Å²) in [4.78, 5) is 2.10. The molecule has 3 heteroatoms. The molecule has 2 fully saturated rings. The number of anilines is 1. The van der Waals surface area contributed by atoms with Gasteiger partial charge in [0.15, 0.2) is 0 Å². The first-order chi connectivity index (χ1) is 9.15. The third-order valence-electron chi connectivity index (χ3n) is 4.40. The molecule has 0 spiro atoms. The van der Waals surface area contributed by atoms with Gasteiger partial charge < -0.3 is 10.2 Å². The third kappa shape index (κ3) is 3.08. The Morgan fingerprint density at radius 1 is 1.37 bits per heavy atom. The van der Waals surface area contributed by atoms with Crippen molar-refractivity contribution in [1.29, 1.82) is 0 Å². The van der Waals surface area contributed by atoms with Crippen LogP contribution < -0.4 is 10.2 Å². The van der Waals surface area contributed by atoms with Crippen LogP contribution in [0.3, 0.4) is 0 Å². The molecular formula is C16H23FN2. The number of nitrogens with zero attached hydrogens (tertiary/aromatic N) is 1. The molecule has 2 aliphatic carbocycles. The molecule has 0 bridgehead atoms. The molecule has 0 amide bonds. The molecular weight excluding hydrogens is 239 g/mol. The highest BCUT2D eigenvalue weighted by atomic mass is 19.1. The van der Waals surface area contributed by atoms with Gasteiger partial charge in [-0.05, 0) is 42.7 Å². The van der Waals surface area contributed by atoms with E-state index in [-0.39, 0.29) is 5.82 Å². The number of halogens is 1. The highest BCUT2D eigenvalue weighted by molar-refractivity contribution is 5.54. The zero-order valence-electron chi connectivity index (χ0n) is 11.8. The van der Waals surface area contributed by atoms with Crippen LogP contribution in [0.2, 0.25) is 0 Å². The van der Waals surface area contributed by atoms with Crippen LogP contribution in [-0.2, 0) is 6.54 Å². The molecule has 0 heterocycles. The van der Waals surface area contributed by atoms with Gasteiger partial charge in [-0.2, -0.15) is 0 Å². The Kier molecular flexibility index (Phi) is 3.48. The highest BCUT2D eigenvalue weighted by Crippen LogP contribution is 2.39. The van der Waals surface area contributed by atoms with Crippen molar-refractivity contribution in [2.45, 2.75) is 38.8 Å². The van der Waals surface area contributed by atoms with E-state index < -0.39 is 0 Å². The molecule has 0 saturated heterocycles. The van der Waals surface area contributed by atoms with Gasteiger partial charge in [0.25, 0.3) is 0 Å². The van der Waals surface area contributed by atoms with E-state index in [1.54, 1.807) is 6.07 Å². The Balaban J connectivity index is 1.72. The second-order valence-electron chi connectivity index (χ2n) is 6.26. The maximum Gasteiger partial charge on any atom is 0.146 e. The van der Waals surface area contributed by atoms with E-state index in [4.69, 9.17) is 0 Å². The van der Waals surface area contributed by atoms with Gasteiger partial charge in [0.1, 0.15) is 5.82 Å². The minimum absolute atomic E-state index is 0.0918. The number of benzene rings is 1. The molecule has 1 N–H and O–H groups in total. The van der Waals surface area contributed by atoms with Crippen molar-refractivity contribution in [1.82, 2.24) is 5.32 Å². The largest absolute Gasteiger partial charge is 0.372 e. The Hall–Kier alpha value is -1.09. The first kappa shape index (κ1) is 12.9. The maximum absolute atomic E-state index is 14.1. The van der Waals surface area contributed by atoms with E-state index >= 15 is 0 Å². The molecule has 2 nitrogen and oxygen atoms in total. The Bertz CT molecular complexity index is 456. The van der Waals surface area contributed by atoms with Gasteiger partial charge in [0, 0.05) is 26.2 Å². The summed E-state index contributed by atoms with van der Waals surface area (Å²) in [5.41, 5.74) is 1.87. The summed E-state index contributed by atoms with van der Waals surface area (Å²) in [6.07, 6.45) is 3.81. The van der Waals surface area contributed by atoms with Gasteiger partial charge in [-0.3, -0.25) is 0 Å². The summed E-state index contributed by atoms with van der Waals surface area (Å²) in [5.74, 6) is 1.46. The fourth-order valence-electron chi connectivity index (χ4n) is 2.77. The zero-order chi connectivity index (χ0) is 13.4. The van der Waals surface area contributed by atoms with E-state index in [1.165, 1.54) is 19.3 Å². The van der Waals surface area contributed by atoms with Crippen molar-refractivity contribution >= 4 is 5.69 Å². The molecule has 19 heavy (non-hydrogen) atoms. The van der Waals surface area contributed by atoms with Gasteiger partial charge in [-0.15, -0.1) is 0 Å². The molecule has 0 aliphatic heterocycles. The van der Waals surface area contributed by atoms with Crippen LogP contribution in [-0.4, -0.2) is 19.6 Å². The molecule has 1 aromatic carbocycles. The molecule has 0 radical (unpaired) electrons. The van der Waals surface area contributed by atoms with Crippen LogP contribution in [0.15, 0.2) is 18.2 Å². The van der Waals surface area contributed by atoms with E-state index in [0.29, 0.717) is 6.04 Å². The minimum atomic E-state index is -0.0918. The normalized spacial score (nSPS) is 25.4. The van der Waals surface area contributed by atoms with Gasteiger partial charge in [0.2, 0.25) is 0 Å². The number of hydrogen-bond acceptors (Lipinski definition) is 2. The molecule has 1 aromatic rings. The average Bonchev–Trinajstić information content (AvgIpc) is 3.26. The van der Waals surface area contributed by atoms with Crippen LogP contribution in [0.4, 0.5) is 10.1 Å². The number of rotatable bonds is 6.